The minimum Gasteiger partial charge on any atom is -0.478 e. The normalized spacial score (nSPS) is 14.3. The Morgan fingerprint density at radius 1 is 0.708 bits per heavy atom. The van der Waals surface area contributed by atoms with Gasteiger partial charge in [0.15, 0.2) is 0 Å². The zero-order chi connectivity index (χ0) is 17.1. The van der Waals surface area contributed by atoms with Crippen LogP contribution in [0.2, 0.25) is 0 Å². The second-order valence-electron chi connectivity index (χ2n) is 5.03. The van der Waals surface area contributed by atoms with E-state index in [4.69, 9.17) is 0 Å². The summed E-state index contributed by atoms with van der Waals surface area (Å²) in [5, 5.41) is 18.5. The molecule has 0 spiro atoms. The first-order valence-electron chi connectivity index (χ1n) is 6.85. The summed E-state index contributed by atoms with van der Waals surface area (Å²) in [6.45, 7) is 0. The van der Waals surface area contributed by atoms with E-state index < -0.39 is 11.9 Å². The fourth-order valence-corrected chi connectivity index (χ4v) is 6.51. The van der Waals surface area contributed by atoms with Crippen LogP contribution in [0, 0.1) is 0 Å². The fourth-order valence-electron chi connectivity index (χ4n) is 2.18. The van der Waals surface area contributed by atoms with E-state index in [1.807, 2.05) is 12.1 Å². The van der Waals surface area contributed by atoms with Gasteiger partial charge < -0.3 is 10.2 Å². The van der Waals surface area contributed by atoms with Crippen molar-refractivity contribution in [3.63, 3.8) is 0 Å². The van der Waals surface area contributed by atoms with Gasteiger partial charge in [-0.3, -0.25) is 0 Å². The molecule has 0 radical (unpaired) electrons. The molecule has 0 atom stereocenters. The Bertz CT molecular complexity index is 695. The van der Waals surface area contributed by atoms with Gasteiger partial charge >= 0.3 is 11.9 Å². The van der Waals surface area contributed by atoms with Crippen LogP contribution in [0.1, 0.15) is 31.8 Å². The van der Waals surface area contributed by atoms with Crippen LogP contribution in [-0.2, 0) is 11.5 Å². The lowest BCUT2D eigenvalue weighted by molar-refractivity contribution is 0.0685. The average molecular weight is 397 g/mol. The lowest BCUT2D eigenvalue weighted by Crippen LogP contribution is -1.99. The van der Waals surface area contributed by atoms with E-state index >= 15 is 0 Å². The predicted octanol–water partition coefficient (Wildman–Crippen LogP) is 5.28. The Morgan fingerprint density at radius 2 is 1.17 bits per heavy atom. The molecule has 2 N–H and O–H groups in total. The van der Waals surface area contributed by atoms with Crippen molar-refractivity contribution in [2.75, 3.05) is 0 Å². The van der Waals surface area contributed by atoms with Gasteiger partial charge in [0, 0.05) is 21.3 Å². The highest BCUT2D eigenvalue weighted by molar-refractivity contribution is 8.76. The summed E-state index contributed by atoms with van der Waals surface area (Å²) in [6.07, 6.45) is 0. The molecule has 0 aromatic heterocycles. The number of benzene rings is 2. The van der Waals surface area contributed by atoms with Crippen LogP contribution < -0.4 is 0 Å². The van der Waals surface area contributed by atoms with Crippen LogP contribution in [0.3, 0.4) is 0 Å². The second kappa shape index (κ2) is 7.77. The molecule has 124 valence electrons. The van der Waals surface area contributed by atoms with Crippen molar-refractivity contribution in [2.45, 2.75) is 21.3 Å². The van der Waals surface area contributed by atoms with Gasteiger partial charge in [0.25, 0.3) is 0 Å². The van der Waals surface area contributed by atoms with Gasteiger partial charge in [0.2, 0.25) is 0 Å². The lowest BCUT2D eigenvalue weighted by atomic mass is 10.1. The predicted molar refractivity (Wildman–Crippen MR) is 101 cm³/mol. The minimum atomic E-state index is -0.933. The molecule has 1 aliphatic heterocycles. The molecule has 4 nitrogen and oxygen atoms in total. The van der Waals surface area contributed by atoms with Gasteiger partial charge in [-0.05, 0) is 41.5 Å². The summed E-state index contributed by atoms with van der Waals surface area (Å²) in [5.41, 5.74) is 2.52. The van der Waals surface area contributed by atoms with Gasteiger partial charge in [-0.15, -0.1) is 0 Å². The molecule has 3 rings (SSSR count). The van der Waals surface area contributed by atoms with Crippen LogP contribution in [0.15, 0.2) is 46.2 Å². The number of carboxylic acid groups (broad SMARTS) is 2. The van der Waals surface area contributed by atoms with E-state index in [0.717, 1.165) is 20.9 Å². The molecule has 24 heavy (non-hydrogen) atoms. The van der Waals surface area contributed by atoms with E-state index in [1.54, 1.807) is 45.9 Å². The molecule has 4 bridgehead atoms. The smallest absolute Gasteiger partial charge is 0.335 e. The number of hydrogen-bond acceptors (Lipinski definition) is 6. The average Bonchev–Trinajstić information content (AvgIpc) is 2.53. The number of fused-ring (bicyclic) bond motifs is 4. The monoisotopic (exact) mass is 396 g/mol. The van der Waals surface area contributed by atoms with Gasteiger partial charge in [0.1, 0.15) is 0 Å². The van der Waals surface area contributed by atoms with Crippen LogP contribution in [-0.4, -0.2) is 22.2 Å². The highest BCUT2D eigenvalue weighted by atomic mass is 33.1. The first kappa shape index (κ1) is 17.6. The third kappa shape index (κ3) is 4.44. The fraction of sp³-hybridized carbons (Fsp3) is 0.125. The van der Waals surface area contributed by atoms with Crippen molar-refractivity contribution in [2.24, 2.45) is 0 Å². The largest absolute Gasteiger partial charge is 0.478 e. The molecule has 1 aliphatic rings. The Morgan fingerprint density at radius 3 is 1.62 bits per heavy atom. The summed E-state index contributed by atoms with van der Waals surface area (Å²) in [4.78, 5) is 24.3. The number of aromatic carboxylic acids is 2. The highest BCUT2D eigenvalue weighted by Gasteiger charge is 2.12. The molecular weight excluding hydrogens is 384 g/mol. The highest BCUT2D eigenvalue weighted by Crippen LogP contribution is 2.41. The molecule has 2 aromatic rings. The van der Waals surface area contributed by atoms with Gasteiger partial charge in [-0.1, -0.05) is 49.2 Å². The third-order valence-corrected chi connectivity index (χ3v) is 7.75. The topological polar surface area (TPSA) is 74.6 Å². The van der Waals surface area contributed by atoms with Crippen molar-refractivity contribution < 1.29 is 19.8 Å². The molecule has 0 fully saturated rings. The maximum absolute atomic E-state index is 11.3. The summed E-state index contributed by atoms with van der Waals surface area (Å²) < 4.78 is 0. The molecule has 0 saturated carbocycles. The van der Waals surface area contributed by atoms with Crippen molar-refractivity contribution in [1.29, 1.82) is 0 Å². The summed E-state index contributed by atoms with van der Waals surface area (Å²) >= 11 is 0. The molecule has 2 aromatic carbocycles. The second-order valence-corrected chi connectivity index (χ2v) is 9.77. The molecule has 0 saturated heterocycles. The molecule has 0 amide bonds. The number of rotatable bonds is 2. The van der Waals surface area contributed by atoms with Gasteiger partial charge in [0.05, 0.1) is 11.1 Å². The number of carbonyl (C=O) groups is 2. The maximum atomic E-state index is 11.3. The van der Waals surface area contributed by atoms with E-state index in [0.29, 0.717) is 17.1 Å². The van der Waals surface area contributed by atoms with Crippen LogP contribution >= 0.6 is 43.2 Å². The molecular formula is C16H12O4S4. The van der Waals surface area contributed by atoms with Crippen molar-refractivity contribution in [3.8, 4) is 0 Å². The summed E-state index contributed by atoms with van der Waals surface area (Å²) in [6, 6.07) is 10.7. The van der Waals surface area contributed by atoms with Crippen molar-refractivity contribution >= 4 is 55.1 Å². The zero-order valence-corrected chi connectivity index (χ0v) is 15.5. The van der Waals surface area contributed by atoms with Crippen molar-refractivity contribution in [1.82, 2.24) is 0 Å². The quantitative estimate of drug-likeness (QED) is 0.664. The number of carboxylic acids is 2. The Hall–Kier alpha value is -1.22. The van der Waals surface area contributed by atoms with E-state index in [1.165, 1.54) is 21.6 Å². The van der Waals surface area contributed by atoms with E-state index in [-0.39, 0.29) is 5.56 Å². The molecule has 0 aliphatic carbocycles. The first-order valence-corrected chi connectivity index (χ1v) is 11.5. The van der Waals surface area contributed by atoms with E-state index in [2.05, 4.69) is 0 Å². The SMILES string of the molecule is O=C(O)c1cc2cc(c1)CSSc1cc(cc(C(=O)O)c1)SSC2. The molecule has 8 heteroatoms. The first-order chi connectivity index (χ1) is 11.5. The third-order valence-electron chi connectivity index (χ3n) is 3.19. The summed E-state index contributed by atoms with van der Waals surface area (Å²) in [7, 11) is 6.14. The van der Waals surface area contributed by atoms with Gasteiger partial charge in [-0.2, -0.15) is 0 Å². The maximum Gasteiger partial charge on any atom is 0.335 e. The Kier molecular flexibility index (Phi) is 5.70. The van der Waals surface area contributed by atoms with Crippen LogP contribution in [0.5, 0.6) is 0 Å². The van der Waals surface area contributed by atoms with E-state index in [9.17, 15) is 19.8 Å². The Balaban J connectivity index is 1.90. The molecule has 0 unspecified atom stereocenters. The van der Waals surface area contributed by atoms with Crippen LogP contribution in [0.25, 0.3) is 0 Å². The Labute approximate surface area is 154 Å². The summed E-state index contributed by atoms with van der Waals surface area (Å²) in [5.74, 6) is -0.540. The lowest BCUT2D eigenvalue weighted by Gasteiger charge is -2.11. The van der Waals surface area contributed by atoms with Crippen molar-refractivity contribution in [3.05, 3.63) is 58.7 Å². The zero-order valence-electron chi connectivity index (χ0n) is 12.2. The molecule has 1 heterocycles. The number of hydrogen-bond donors (Lipinski definition) is 2. The minimum absolute atomic E-state index is 0.285. The standard InChI is InChI=1S/C16H12O4S4/c17-15(18)11-2-9-1-10(3-11)8-22-24-14-5-12(16(19)20)4-13(6-14)23-21-7-9/h1-6H,7-8H2,(H,17,18)(H,19,20). The van der Waals surface area contributed by atoms with Crippen LogP contribution in [0.4, 0.5) is 0 Å². The van der Waals surface area contributed by atoms with Gasteiger partial charge in [-0.25, -0.2) is 9.59 Å².